The Bertz CT molecular complexity index is 474. The summed E-state index contributed by atoms with van der Waals surface area (Å²) in [5.74, 6) is -1.60. The van der Waals surface area contributed by atoms with E-state index in [9.17, 15) is 14.7 Å². The van der Waals surface area contributed by atoms with Crippen molar-refractivity contribution in [1.82, 2.24) is 10.2 Å². The summed E-state index contributed by atoms with van der Waals surface area (Å²) >= 11 is 0. The van der Waals surface area contributed by atoms with Crippen molar-refractivity contribution < 1.29 is 19.8 Å². The highest BCUT2D eigenvalue weighted by Crippen LogP contribution is 2.21. The van der Waals surface area contributed by atoms with Crippen molar-refractivity contribution in [1.29, 1.82) is 0 Å². The van der Waals surface area contributed by atoms with Gasteiger partial charge in [0.15, 0.2) is 0 Å². The average Bonchev–Trinajstić information content (AvgIpc) is 2.30. The fourth-order valence-corrected chi connectivity index (χ4v) is 1.35. The van der Waals surface area contributed by atoms with Crippen LogP contribution in [-0.2, 0) is 0 Å². The van der Waals surface area contributed by atoms with Gasteiger partial charge in [0.1, 0.15) is 11.3 Å². The summed E-state index contributed by atoms with van der Waals surface area (Å²) in [7, 11) is 3.78. The maximum atomic E-state index is 11.5. The Labute approximate surface area is 110 Å². The number of urea groups is 1. The van der Waals surface area contributed by atoms with E-state index >= 15 is 0 Å². The van der Waals surface area contributed by atoms with Gasteiger partial charge in [-0.15, -0.1) is 0 Å². The number of rotatable bonds is 5. The number of aromatic carboxylic acids is 1. The van der Waals surface area contributed by atoms with Crippen LogP contribution in [0.25, 0.3) is 0 Å². The standard InChI is InChI=1S/C12H17N3O4/c1-15(2)6-5-13-12(19)14-8-3-4-10(16)9(7-8)11(17)18/h3-4,7,16H,5-6H2,1-2H3,(H,17,18)(H2,13,14,19). The summed E-state index contributed by atoms with van der Waals surface area (Å²) in [6.07, 6.45) is 0. The molecule has 0 heterocycles. The van der Waals surface area contributed by atoms with Crippen molar-refractivity contribution in [2.45, 2.75) is 0 Å². The molecule has 0 aliphatic carbocycles. The van der Waals surface area contributed by atoms with Gasteiger partial charge in [-0.25, -0.2) is 9.59 Å². The van der Waals surface area contributed by atoms with Crippen molar-refractivity contribution in [3.05, 3.63) is 23.8 Å². The number of phenols is 1. The van der Waals surface area contributed by atoms with Crippen LogP contribution < -0.4 is 10.6 Å². The highest BCUT2D eigenvalue weighted by Gasteiger charge is 2.11. The van der Waals surface area contributed by atoms with Crippen LogP contribution >= 0.6 is 0 Å². The zero-order valence-electron chi connectivity index (χ0n) is 10.8. The Kier molecular flexibility index (Phi) is 5.13. The fraction of sp³-hybridized carbons (Fsp3) is 0.333. The minimum atomic E-state index is -1.26. The molecule has 7 heteroatoms. The number of aromatic hydroxyl groups is 1. The Balaban J connectivity index is 2.60. The molecule has 2 amide bonds. The van der Waals surface area contributed by atoms with Gasteiger partial charge in [0.25, 0.3) is 0 Å². The van der Waals surface area contributed by atoms with Gasteiger partial charge < -0.3 is 25.7 Å². The van der Waals surface area contributed by atoms with Crippen molar-refractivity contribution in [2.24, 2.45) is 0 Å². The highest BCUT2D eigenvalue weighted by atomic mass is 16.4. The molecule has 19 heavy (non-hydrogen) atoms. The molecule has 0 aliphatic rings. The fourth-order valence-electron chi connectivity index (χ4n) is 1.35. The third kappa shape index (κ3) is 4.84. The number of carbonyl (C=O) groups excluding carboxylic acids is 1. The van der Waals surface area contributed by atoms with Crippen molar-refractivity contribution >= 4 is 17.7 Å². The molecule has 0 bridgehead atoms. The van der Waals surface area contributed by atoms with Gasteiger partial charge >= 0.3 is 12.0 Å². The van der Waals surface area contributed by atoms with E-state index in [0.717, 1.165) is 0 Å². The van der Waals surface area contributed by atoms with E-state index in [-0.39, 0.29) is 11.3 Å². The zero-order valence-corrected chi connectivity index (χ0v) is 10.8. The molecule has 1 aromatic carbocycles. The van der Waals surface area contributed by atoms with Gasteiger partial charge in [0.2, 0.25) is 0 Å². The summed E-state index contributed by atoms with van der Waals surface area (Å²) in [4.78, 5) is 24.2. The lowest BCUT2D eigenvalue weighted by Gasteiger charge is -2.11. The van der Waals surface area contributed by atoms with Crippen LogP contribution in [-0.4, -0.2) is 54.3 Å². The third-order valence-corrected chi connectivity index (χ3v) is 2.33. The van der Waals surface area contributed by atoms with Gasteiger partial charge in [-0.05, 0) is 32.3 Å². The number of hydrogen-bond acceptors (Lipinski definition) is 4. The number of carbonyl (C=O) groups is 2. The lowest BCUT2D eigenvalue weighted by atomic mass is 10.2. The molecule has 0 spiro atoms. The number of benzene rings is 1. The number of hydrogen-bond donors (Lipinski definition) is 4. The first kappa shape index (κ1) is 14.8. The van der Waals surface area contributed by atoms with Crippen LogP contribution in [0.2, 0.25) is 0 Å². The minimum Gasteiger partial charge on any atom is -0.507 e. The number of nitrogens with zero attached hydrogens (tertiary/aromatic N) is 1. The van der Waals surface area contributed by atoms with Crippen LogP contribution in [0.15, 0.2) is 18.2 Å². The lowest BCUT2D eigenvalue weighted by molar-refractivity contribution is 0.0693. The first-order valence-electron chi connectivity index (χ1n) is 5.66. The number of likely N-dealkylation sites (N-methyl/N-ethyl adjacent to an activating group) is 1. The van der Waals surface area contributed by atoms with Gasteiger partial charge in [-0.1, -0.05) is 0 Å². The predicted octanol–water partition coefficient (Wildman–Crippen LogP) is 0.773. The second kappa shape index (κ2) is 6.60. The van der Waals surface area contributed by atoms with Crippen LogP contribution in [0.3, 0.4) is 0 Å². The van der Waals surface area contributed by atoms with E-state index in [0.29, 0.717) is 18.8 Å². The van der Waals surface area contributed by atoms with Crippen molar-refractivity contribution in [3.63, 3.8) is 0 Å². The Morgan fingerprint density at radius 2 is 2.00 bits per heavy atom. The minimum absolute atomic E-state index is 0.258. The summed E-state index contributed by atoms with van der Waals surface area (Å²) in [5, 5.41) is 23.3. The monoisotopic (exact) mass is 267 g/mol. The Morgan fingerprint density at radius 3 is 2.58 bits per heavy atom. The van der Waals surface area contributed by atoms with E-state index in [1.165, 1.54) is 18.2 Å². The summed E-state index contributed by atoms with van der Waals surface area (Å²) in [5.41, 5.74) is 0.0450. The number of amides is 2. The molecule has 0 saturated heterocycles. The van der Waals surface area contributed by atoms with Gasteiger partial charge in [-0.2, -0.15) is 0 Å². The first-order valence-corrected chi connectivity index (χ1v) is 5.66. The predicted molar refractivity (Wildman–Crippen MR) is 70.6 cm³/mol. The summed E-state index contributed by atoms with van der Waals surface area (Å²) < 4.78 is 0. The van der Waals surface area contributed by atoms with Crippen molar-refractivity contribution in [3.8, 4) is 5.75 Å². The quantitative estimate of drug-likeness (QED) is 0.590. The van der Waals surface area contributed by atoms with E-state index in [1.807, 2.05) is 19.0 Å². The summed E-state index contributed by atoms with van der Waals surface area (Å²) in [6, 6.07) is 3.42. The molecular formula is C12H17N3O4. The van der Waals surface area contributed by atoms with E-state index in [1.54, 1.807) is 0 Å². The normalized spacial score (nSPS) is 10.3. The van der Waals surface area contributed by atoms with Crippen LogP contribution in [0.4, 0.5) is 10.5 Å². The number of nitrogens with one attached hydrogen (secondary N) is 2. The Hall–Kier alpha value is -2.28. The topological polar surface area (TPSA) is 102 Å². The molecule has 0 aliphatic heterocycles. The number of carboxylic acid groups (broad SMARTS) is 1. The molecule has 4 N–H and O–H groups in total. The molecule has 0 unspecified atom stereocenters. The first-order chi connectivity index (χ1) is 8.90. The zero-order chi connectivity index (χ0) is 14.4. The SMILES string of the molecule is CN(C)CCNC(=O)Nc1ccc(O)c(C(=O)O)c1. The van der Waals surface area contributed by atoms with Crippen LogP contribution in [0.5, 0.6) is 5.75 Å². The second-order valence-electron chi connectivity index (χ2n) is 4.22. The maximum Gasteiger partial charge on any atom is 0.339 e. The molecule has 7 nitrogen and oxygen atoms in total. The van der Waals surface area contributed by atoms with E-state index in [2.05, 4.69) is 10.6 Å². The smallest absolute Gasteiger partial charge is 0.339 e. The second-order valence-corrected chi connectivity index (χ2v) is 4.22. The van der Waals surface area contributed by atoms with Gasteiger partial charge in [0.05, 0.1) is 0 Å². The molecule has 1 rings (SSSR count). The molecule has 0 aromatic heterocycles. The third-order valence-electron chi connectivity index (χ3n) is 2.33. The average molecular weight is 267 g/mol. The molecule has 0 radical (unpaired) electrons. The lowest BCUT2D eigenvalue weighted by Crippen LogP contribution is -2.34. The van der Waals surface area contributed by atoms with Crippen molar-refractivity contribution in [2.75, 3.05) is 32.5 Å². The number of anilines is 1. The molecule has 0 fully saturated rings. The maximum absolute atomic E-state index is 11.5. The molecule has 0 atom stereocenters. The largest absolute Gasteiger partial charge is 0.507 e. The molecule has 104 valence electrons. The van der Waals surface area contributed by atoms with Gasteiger partial charge in [-0.3, -0.25) is 0 Å². The molecular weight excluding hydrogens is 250 g/mol. The van der Waals surface area contributed by atoms with E-state index < -0.39 is 12.0 Å². The molecule has 1 aromatic rings. The molecule has 0 saturated carbocycles. The summed E-state index contributed by atoms with van der Waals surface area (Å²) in [6.45, 7) is 1.17. The number of carboxylic acids is 1. The van der Waals surface area contributed by atoms with Gasteiger partial charge in [0, 0.05) is 18.8 Å². The van der Waals surface area contributed by atoms with E-state index in [4.69, 9.17) is 5.11 Å². The Morgan fingerprint density at radius 1 is 1.32 bits per heavy atom. The van der Waals surface area contributed by atoms with Crippen LogP contribution in [0, 0.1) is 0 Å². The highest BCUT2D eigenvalue weighted by molar-refractivity contribution is 5.95. The van der Waals surface area contributed by atoms with Crippen LogP contribution in [0.1, 0.15) is 10.4 Å².